The Bertz CT molecular complexity index is 422. The monoisotopic (exact) mass is 272 g/mol. The number of ether oxygens (including phenoxy) is 2. The van der Waals surface area contributed by atoms with Crippen LogP contribution < -0.4 is 0 Å². The molecule has 2 N–H and O–H groups in total. The lowest BCUT2D eigenvalue weighted by Gasteiger charge is -2.14. The molecule has 19 heavy (non-hydrogen) atoms. The molecule has 1 atom stereocenters. The maximum Gasteiger partial charge on any atom is 0.350 e. The lowest BCUT2D eigenvalue weighted by molar-refractivity contribution is -0.160. The summed E-state index contributed by atoms with van der Waals surface area (Å²) < 4.78 is 8.86. The molecule has 0 fully saturated rings. The Labute approximate surface area is 107 Å². The van der Waals surface area contributed by atoms with Crippen molar-refractivity contribution in [2.45, 2.75) is 12.5 Å². The Morgan fingerprint density at radius 3 is 2.21 bits per heavy atom. The quantitative estimate of drug-likeness (QED) is 0.457. The van der Waals surface area contributed by atoms with Gasteiger partial charge < -0.3 is 19.7 Å². The van der Waals surface area contributed by atoms with E-state index >= 15 is 0 Å². The van der Waals surface area contributed by atoms with Crippen molar-refractivity contribution in [1.29, 1.82) is 0 Å². The SMILES string of the molecule is C=CC(=O)OC(C(=C)C(=O)OCCC(=O)O)C(=O)O. The fourth-order valence-electron chi connectivity index (χ4n) is 0.866. The van der Waals surface area contributed by atoms with Crippen LogP contribution >= 0.6 is 0 Å². The van der Waals surface area contributed by atoms with E-state index in [1.807, 2.05) is 0 Å². The maximum atomic E-state index is 11.3. The molecule has 0 aliphatic heterocycles. The minimum atomic E-state index is -1.91. The van der Waals surface area contributed by atoms with Gasteiger partial charge in [0.2, 0.25) is 6.10 Å². The molecule has 0 saturated carbocycles. The van der Waals surface area contributed by atoms with Gasteiger partial charge in [-0.1, -0.05) is 13.2 Å². The molecule has 0 radical (unpaired) electrons. The normalized spacial score (nSPS) is 10.9. The van der Waals surface area contributed by atoms with Crippen LogP contribution in [0.25, 0.3) is 0 Å². The van der Waals surface area contributed by atoms with E-state index in [1.54, 1.807) is 0 Å². The molecule has 0 aliphatic rings. The number of rotatable bonds is 8. The molecule has 0 aromatic heterocycles. The second-order valence-electron chi connectivity index (χ2n) is 3.16. The van der Waals surface area contributed by atoms with Crippen LogP contribution in [-0.4, -0.2) is 46.8 Å². The average molecular weight is 272 g/mol. The summed E-state index contributed by atoms with van der Waals surface area (Å²) in [6.07, 6.45) is -1.63. The van der Waals surface area contributed by atoms with Gasteiger partial charge in [-0.3, -0.25) is 4.79 Å². The number of carboxylic acid groups (broad SMARTS) is 2. The zero-order valence-electron chi connectivity index (χ0n) is 9.83. The number of aliphatic carboxylic acids is 2. The van der Waals surface area contributed by atoms with Gasteiger partial charge in [0.15, 0.2) is 0 Å². The predicted molar refractivity (Wildman–Crippen MR) is 60.1 cm³/mol. The molecule has 0 amide bonds. The van der Waals surface area contributed by atoms with E-state index in [9.17, 15) is 19.2 Å². The van der Waals surface area contributed by atoms with E-state index in [1.165, 1.54) is 0 Å². The van der Waals surface area contributed by atoms with E-state index in [-0.39, 0.29) is 0 Å². The molecular formula is C11H12O8. The van der Waals surface area contributed by atoms with Gasteiger partial charge in [0.05, 0.1) is 12.0 Å². The fourth-order valence-corrected chi connectivity index (χ4v) is 0.866. The Kier molecular flexibility index (Phi) is 6.58. The number of carboxylic acids is 2. The third kappa shape index (κ3) is 6.01. The molecule has 0 aromatic carbocycles. The summed E-state index contributed by atoms with van der Waals surface area (Å²) >= 11 is 0. The summed E-state index contributed by atoms with van der Waals surface area (Å²) in [4.78, 5) is 43.2. The molecule has 8 nitrogen and oxygen atoms in total. The van der Waals surface area contributed by atoms with Gasteiger partial charge in [-0.05, 0) is 0 Å². The van der Waals surface area contributed by atoms with Crippen molar-refractivity contribution in [1.82, 2.24) is 0 Å². The minimum absolute atomic E-state index is 0.441. The third-order valence-electron chi connectivity index (χ3n) is 1.75. The fraction of sp³-hybridized carbons (Fsp3) is 0.273. The van der Waals surface area contributed by atoms with Crippen LogP contribution in [-0.2, 0) is 28.7 Å². The Hall–Kier alpha value is -2.64. The smallest absolute Gasteiger partial charge is 0.350 e. The summed E-state index contributed by atoms with van der Waals surface area (Å²) in [6.45, 7) is 5.77. The van der Waals surface area contributed by atoms with Crippen molar-refractivity contribution in [3.63, 3.8) is 0 Å². The standard InChI is InChI=1S/C11H12O8/c1-3-8(14)19-9(10(15)16)6(2)11(17)18-5-4-7(12)13/h3,9H,1-2,4-5H2,(H,12,13)(H,15,16). The Morgan fingerprint density at radius 2 is 1.79 bits per heavy atom. The van der Waals surface area contributed by atoms with E-state index in [0.29, 0.717) is 0 Å². The number of carbonyl (C=O) groups is 4. The van der Waals surface area contributed by atoms with E-state index in [2.05, 4.69) is 22.6 Å². The topological polar surface area (TPSA) is 127 Å². The molecule has 104 valence electrons. The number of hydrogen-bond donors (Lipinski definition) is 2. The van der Waals surface area contributed by atoms with Crippen molar-refractivity contribution < 1.29 is 38.9 Å². The molecule has 0 rings (SSSR count). The molecule has 8 heteroatoms. The van der Waals surface area contributed by atoms with Crippen LogP contribution in [0.3, 0.4) is 0 Å². The predicted octanol–water partition coefficient (Wildman–Crippen LogP) is -0.257. The largest absolute Gasteiger partial charge is 0.481 e. The lowest BCUT2D eigenvalue weighted by atomic mass is 10.1. The van der Waals surface area contributed by atoms with E-state index in [0.717, 1.165) is 6.08 Å². The van der Waals surface area contributed by atoms with Crippen molar-refractivity contribution in [3.8, 4) is 0 Å². The summed E-state index contributed by atoms with van der Waals surface area (Å²) in [5, 5.41) is 17.1. The maximum absolute atomic E-state index is 11.3. The first-order valence-electron chi connectivity index (χ1n) is 4.93. The highest BCUT2D eigenvalue weighted by molar-refractivity contribution is 5.97. The van der Waals surface area contributed by atoms with Crippen molar-refractivity contribution in [3.05, 3.63) is 24.8 Å². The average Bonchev–Trinajstić information content (AvgIpc) is 2.33. The molecular weight excluding hydrogens is 260 g/mol. The minimum Gasteiger partial charge on any atom is -0.481 e. The molecule has 0 saturated heterocycles. The van der Waals surface area contributed by atoms with Gasteiger partial charge in [-0.25, -0.2) is 14.4 Å². The molecule has 0 bridgehead atoms. The van der Waals surface area contributed by atoms with Crippen molar-refractivity contribution in [2.75, 3.05) is 6.61 Å². The van der Waals surface area contributed by atoms with E-state index < -0.39 is 48.6 Å². The van der Waals surface area contributed by atoms with Crippen LogP contribution in [0.4, 0.5) is 0 Å². The van der Waals surface area contributed by atoms with Crippen LogP contribution in [0, 0.1) is 0 Å². The van der Waals surface area contributed by atoms with Gasteiger partial charge in [-0.15, -0.1) is 0 Å². The van der Waals surface area contributed by atoms with Crippen LogP contribution in [0.15, 0.2) is 24.8 Å². The summed E-state index contributed by atoms with van der Waals surface area (Å²) in [6, 6.07) is 0. The first kappa shape index (κ1) is 16.4. The van der Waals surface area contributed by atoms with Crippen LogP contribution in [0.5, 0.6) is 0 Å². The molecule has 0 aliphatic carbocycles. The Morgan fingerprint density at radius 1 is 1.21 bits per heavy atom. The number of carbonyl (C=O) groups excluding carboxylic acids is 2. The lowest BCUT2D eigenvalue weighted by Crippen LogP contribution is -2.32. The highest BCUT2D eigenvalue weighted by Crippen LogP contribution is 2.08. The first-order chi connectivity index (χ1) is 8.79. The van der Waals surface area contributed by atoms with Gasteiger partial charge in [0.1, 0.15) is 6.61 Å². The van der Waals surface area contributed by atoms with Crippen LogP contribution in [0.2, 0.25) is 0 Å². The highest BCUT2D eigenvalue weighted by atomic mass is 16.6. The van der Waals surface area contributed by atoms with Crippen molar-refractivity contribution >= 4 is 23.9 Å². The Balaban J connectivity index is 4.58. The van der Waals surface area contributed by atoms with Crippen LogP contribution in [0.1, 0.15) is 6.42 Å². The summed E-state index contributed by atoms with van der Waals surface area (Å²) in [5.41, 5.74) is -0.631. The molecule has 0 heterocycles. The summed E-state index contributed by atoms with van der Waals surface area (Å²) in [7, 11) is 0. The zero-order valence-corrected chi connectivity index (χ0v) is 9.83. The van der Waals surface area contributed by atoms with Gasteiger partial charge in [0.25, 0.3) is 0 Å². The van der Waals surface area contributed by atoms with Gasteiger partial charge in [-0.2, -0.15) is 0 Å². The number of hydrogen-bond acceptors (Lipinski definition) is 6. The van der Waals surface area contributed by atoms with Crippen molar-refractivity contribution in [2.24, 2.45) is 0 Å². The molecule has 0 aromatic rings. The highest BCUT2D eigenvalue weighted by Gasteiger charge is 2.30. The first-order valence-corrected chi connectivity index (χ1v) is 4.93. The molecule has 0 spiro atoms. The van der Waals surface area contributed by atoms with Gasteiger partial charge in [0, 0.05) is 6.08 Å². The second kappa shape index (κ2) is 7.64. The third-order valence-corrected chi connectivity index (χ3v) is 1.75. The van der Waals surface area contributed by atoms with Gasteiger partial charge >= 0.3 is 23.9 Å². The number of esters is 2. The van der Waals surface area contributed by atoms with E-state index in [4.69, 9.17) is 10.2 Å². The second-order valence-corrected chi connectivity index (χ2v) is 3.16. The molecule has 1 unspecified atom stereocenters. The zero-order chi connectivity index (χ0) is 15.0. The summed E-state index contributed by atoms with van der Waals surface area (Å²) in [5.74, 6) is -5.01.